The van der Waals surface area contributed by atoms with Crippen LogP contribution >= 0.6 is 0 Å². The van der Waals surface area contributed by atoms with Crippen LogP contribution < -0.4 is 5.56 Å². The topological polar surface area (TPSA) is 64.4 Å². The van der Waals surface area contributed by atoms with Gasteiger partial charge in [-0.05, 0) is 43.9 Å². The summed E-state index contributed by atoms with van der Waals surface area (Å²) in [5.41, 5.74) is 2.08. The fourth-order valence-corrected chi connectivity index (χ4v) is 3.19. The van der Waals surface area contributed by atoms with E-state index in [9.17, 15) is 9.59 Å². The van der Waals surface area contributed by atoms with E-state index >= 15 is 0 Å². The number of aromatic nitrogens is 2. The van der Waals surface area contributed by atoms with Gasteiger partial charge in [-0.25, -0.2) is 4.68 Å². The largest absolute Gasteiger partial charge is 0.378 e. The SMILES string of the molecule is CN(CCC[C@H]1CCCO1)C(=O)c1ccc(-c2ccc(=O)n(C)n2)cc1. The van der Waals surface area contributed by atoms with E-state index in [4.69, 9.17) is 4.74 Å². The molecular formula is C20H25N3O3. The predicted molar refractivity (Wildman–Crippen MR) is 100 cm³/mol. The fraction of sp³-hybridized carbons (Fsp3) is 0.450. The summed E-state index contributed by atoms with van der Waals surface area (Å²) in [6.45, 7) is 1.60. The normalized spacial score (nSPS) is 16.6. The minimum atomic E-state index is -0.148. The van der Waals surface area contributed by atoms with Crippen LogP contribution in [0.2, 0.25) is 0 Å². The molecule has 6 heteroatoms. The van der Waals surface area contributed by atoms with Crippen molar-refractivity contribution >= 4 is 5.91 Å². The van der Waals surface area contributed by atoms with Gasteiger partial charge in [-0.1, -0.05) is 12.1 Å². The van der Waals surface area contributed by atoms with Gasteiger partial charge in [0.1, 0.15) is 0 Å². The van der Waals surface area contributed by atoms with Crippen molar-refractivity contribution in [3.05, 3.63) is 52.3 Å². The second kappa shape index (κ2) is 8.27. The Hall–Kier alpha value is -2.47. The summed E-state index contributed by atoms with van der Waals surface area (Å²) in [7, 11) is 3.45. The fourth-order valence-electron chi connectivity index (χ4n) is 3.19. The molecule has 3 rings (SSSR count). The first-order valence-electron chi connectivity index (χ1n) is 9.06. The maximum atomic E-state index is 12.6. The highest BCUT2D eigenvalue weighted by molar-refractivity contribution is 5.94. The molecule has 2 heterocycles. The molecule has 1 aliphatic heterocycles. The quantitative estimate of drug-likeness (QED) is 0.798. The van der Waals surface area contributed by atoms with E-state index in [-0.39, 0.29) is 11.5 Å². The third kappa shape index (κ3) is 4.38. The number of nitrogens with zero attached hydrogens (tertiary/aromatic N) is 3. The lowest BCUT2D eigenvalue weighted by Crippen LogP contribution is -2.28. The zero-order valence-electron chi connectivity index (χ0n) is 15.4. The number of ether oxygens (including phenoxy) is 1. The number of aryl methyl sites for hydroxylation is 1. The molecule has 0 unspecified atom stereocenters. The van der Waals surface area contributed by atoms with Crippen LogP contribution in [0.4, 0.5) is 0 Å². The molecule has 138 valence electrons. The van der Waals surface area contributed by atoms with Crippen molar-refractivity contribution in [2.75, 3.05) is 20.2 Å². The summed E-state index contributed by atoms with van der Waals surface area (Å²) < 4.78 is 6.92. The maximum Gasteiger partial charge on any atom is 0.266 e. The van der Waals surface area contributed by atoms with E-state index in [0.717, 1.165) is 44.4 Å². The molecule has 0 aliphatic carbocycles. The molecule has 1 atom stereocenters. The van der Waals surface area contributed by atoms with Gasteiger partial charge in [-0.15, -0.1) is 0 Å². The summed E-state index contributed by atoms with van der Waals surface area (Å²) in [4.78, 5) is 25.7. The van der Waals surface area contributed by atoms with Gasteiger partial charge in [-0.3, -0.25) is 9.59 Å². The Bertz CT molecular complexity index is 808. The summed E-state index contributed by atoms with van der Waals surface area (Å²) in [6.07, 6.45) is 4.61. The van der Waals surface area contributed by atoms with Gasteiger partial charge in [-0.2, -0.15) is 5.10 Å². The summed E-state index contributed by atoms with van der Waals surface area (Å²) in [5, 5.41) is 4.23. The molecule has 0 spiro atoms. The van der Waals surface area contributed by atoms with Crippen molar-refractivity contribution < 1.29 is 9.53 Å². The summed E-state index contributed by atoms with van der Waals surface area (Å²) >= 11 is 0. The Morgan fingerprint density at radius 1 is 1.27 bits per heavy atom. The first kappa shape index (κ1) is 18.3. The molecule has 0 bridgehead atoms. The van der Waals surface area contributed by atoms with Crippen LogP contribution in [0, 0.1) is 0 Å². The van der Waals surface area contributed by atoms with Gasteiger partial charge in [0.05, 0.1) is 11.8 Å². The van der Waals surface area contributed by atoms with Crippen molar-refractivity contribution in [1.29, 1.82) is 0 Å². The minimum Gasteiger partial charge on any atom is -0.378 e. The van der Waals surface area contributed by atoms with Gasteiger partial charge < -0.3 is 9.64 Å². The minimum absolute atomic E-state index is 0.0114. The lowest BCUT2D eigenvalue weighted by atomic mass is 10.1. The molecule has 1 amide bonds. The highest BCUT2D eigenvalue weighted by atomic mass is 16.5. The van der Waals surface area contributed by atoms with Gasteiger partial charge in [0.15, 0.2) is 0 Å². The first-order valence-corrected chi connectivity index (χ1v) is 9.06. The Morgan fingerprint density at radius 2 is 2.04 bits per heavy atom. The van der Waals surface area contributed by atoms with Crippen molar-refractivity contribution in [2.24, 2.45) is 7.05 Å². The predicted octanol–water partition coefficient (Wildman–Crippen LogP) is 2.48. The monoisotopic (exact) mass is 355 g/mol. The number of carbonyl (C=O) groups excluding carboxylic acids is 1. The highest BCUT2D eigenvalue weighted by Crippen LogP contribution is 2.18. The van der Waals surface area contributed by atoms with E-state index < -0.39 is 0 Å². The summed E-state index contributed by atoms with van der Waals surface area (Å²) in [5.74, 6) is 0.0114. The number of rotatable bonds is 6. The number of hydrogen-bond donors (Lipinski definition) is 0. The molecule has 2 aromatic rings. The molecule has 1 aromatic carbocycles. The summed E-state index contributed by atoms with van der Waals surface area (Å²) in [6, 6.07) is 10.5. The Labute approximate surface area is 153 Å². The average Bonchev–Trinajstić information content (AvgIpc) is 3.17. The van der Waals surface area contributed by atoms with E-state index in [1.54, 1.807) is 30.1 Å². The van der Waals surface area contributed by atoms with Gasteiger partial charge in [0, 0.05) is 44.4 Å². The van der Waals surface area contributed by atoms with Crippen LogP contribution in [0.15, 0.2) is 41.2 Å². The lowest BCUT2D eigenvalue weighted by Gasteiger charge is -2.18. The molecule has 1 fully saturated rings. The smallest absolute Gasteiger partial charge is 0.266 e. The molecule has 0 radical (unpaired) electrons. The molecule has 1 saturated heterocycles. The molecule has 6 nitrogen and oxygen atoms in total. The van der Waals surface area contributed by atoms with Gasteiger partial charge in [0.2, 0.25) is 0 Å². The van der Waals surface area contributed by atoms with Crippen LogP contribution in [0.3, 0.4) is 0 Å². The molecular weight excluding hydrogens is 330 g/mol. The molecule has 1 aromatic heterocycles. The molecule has 26 heavy (non-hydrogen) atoms. The van der Waals surface area contributed by atoms with Crippen molar-refractivity contribution in [3.8, 4) is 11.3 Å². The van der Waals surface area contributed by atoms with E-state index in [1.807, 2.05) is 19.2 Å². The number of amides is 1. The van der Waals surface area contributed by atoms with Gasteiger partial charge >= 0.3 is 0 Å². The molecule has 0 saturated carbocycles. The van der Waals surface area contributed by atoms with Crippen LogP contribution in [0.5, 0.6) is 0 Å². The standard InChI is InChI=1S/C20H25N3O3/c1-22(13-3-5-17-6-4-14-26-17)20(25)16-9-7-15(8-10-16)18-11-12-19(24)23(2)21-18/h7-12,17H,3-6,13-14H2,1-2H3/t17-/m0/s1. The van der Waals surface area contributed by atoms with Crippen molar-refractivity contribution in [2.45, 2.75) is 31.8 Å². The van der Waals surface area contributed by atoms with Crippen LogP contribution in [-0.2, 0) is 11.8 Å². The maximum absolute atomic E-state index is 12.6. The van der Waals surface area contributed by atoms with E-state index in [1.165, 1.54) is 10.7 Å². The molecule has 1 aliphatic rings. The molecule has 0 N–H and O–H groups in total. The van der Waals surface area contributed by atoms with Crippen molar-refractivity contribution in [1.82, 2.24) is 14.7 Å². The highest BCUT2D eigenvalue weighted by Gasteiger charge is 2.16. The van der Waals surface area contributed by atoms with Crippen LogP contribution in [-0.4, -0.2) is 46.9 Å². The van der Waals surface area contributed by atoms with Crippen LogP contribution in [0.25, 0.3) is 11.3 Å². The van der Waals surface area contributed by atoms with E-state index in [0.29, 0.717) is 17.4 Å². The van der Waals surface area contributed by atoms with Crippen LogP contribution in [0.1, 0.15) is 36.0 Å². The number of benzene rings is 1. The lowest BCUT2D eigenvalue weighted by molar-refractivity contribution is 0.0763. The average molecular weight is 355 g/mol. The Morgan fingerprint density at radius 3 is 2.69 bits per heavy atom. The second-order valence-electron chi connectivity index (χ2n) is 6.76. The third-order valence-electron chi connectivity index (χ3n) is 4.78. The zero-order valence-corrected chi connectivity index (χ0v) is 15.4. The second-order valence-corrected chi connectivity index (χ2v) is 6.76. The first-order chi connectivity index (χ1) is 12.5. The zero-order chi connectivity index (χ0) is 18.5. The van der Waals surface area contributed by atoms with Gasteiger partial charge in [0.25, 0.3) is 11.5 Å². The Kier molecular flexibility index (Phi) is 5.83. The van der Waals surface area contributed by atoms with Crippen molar-refractivity contribution in [3.63, 3.8) is 0 Å². The number of hydrogen-bond acceptors (Lipinski definition) is 4. The Balaban J connectivity index is 1.58. The third-order valence-corrected chi connectivity index (χ3v) is 4.78. The van der Waals surface area contributed by atoms with E-state index in [2.05, 4.69) is 5.10 Å². The number of carbonyl (C=O) groups is 1.